The standard InChI is InChI=1S/C20H17NO4/c1-2-25-20(23)15-7-10-16(11-8-15)21(24)13-18-17-6-4-3-5-14(17)9-12-19(18)22/h3-13,22H,2H2,1H3/b21-13-. The first-order chi connectivity index (χ1) is 12.1. The minimum absolute atomic E-state index is 0.0303. The number of benzene rings is 3. The second kappa shape index (κ2) is 7.05. The van der Waals surface area contributed by atoms with Gasteiger partial charge in [-0.3, -0.25) is 0 Å². The maximum Gasteiger partial charge on any atom is 0.338 e. The summed E-state index contributed by atoms with van der Waals surface area (Å²) in [7, 11) is 0. The number of phenolic OH excluding ortho intramolecular Hbond substituents is 1. The Labute approximate surface area is 145 Å². The Balaban J connectivity index is 1.97. The number of hydrogen-bond acceptors (Lipinski definition) is 4. The Morgan fingerprint density at radius 3 is 2.56 bits per heavy atom. The van der Waals surface area contributed by atoms with Crippen molar-refractivity contribution in [1.82, 2.24) is 0 Å². The zero-order valence-electron chi connectivity index (χ0n) is 13.7. The van der Waals surface area contributed by atoms with Crippen molar-refractivity contribution in [1.29, 1.82) is 0 Å². The third-order valence-corrected chi connectivity index (χ3v) is 3.83. The average Bonchev–Trinajstić information content (AvgIpc) is 2.64. The molecule has 0 heterocycles. The van der Waals surface area contributed by atoms with E-state index in [-0.39, 0.29) is 5.75 Å². The van der Waals surface area contributed by atoms with E-state index in [0.29, 0.717) is 28.2 Å². The number of hydrogen-bond donors (Lipinski definition) is 1. The van der Waals surface area contributed by atoms with Gasteiger partial charge in [-0.05, 0) is 35.9 Å². The summed E-state index contributed by atoms with van der Waals surface area (Å²) in [6.07, 6.45) is 1.33. The molecule has 1 N–H and O–H groups in total. The Bertz CT molecular complexity index is 946. The number of fused-ring (bicyclic) bond motifs is 1. The minimum atomic E-state index is -0.429. The van der Waals surface area contributed by atoms with Crippen LogP contribution in [0.1, 0.15) is 22.8 Å². The highest BCUT2D eigenvalue weighted by molar-refractivity contribution is 6.01. The molecule has 3 rings (SSSR count). The third kappa shape index (κ3) is 3.45. The number of ether oxygens (including phenoxy) is 1. The van der Waals surface area contributed by atoms with E-state index in [1.807, 2.05) is 24.3 Å². The highest BCUT2D eigenvalue weighted by Crippen LogP contribution is 2.26. The Kier molecular flexibility index (Phi) is 4.66. The van der Waals surface area contributed by atoms with Crippen molar-refractivity contribution >= 4 is 28.6 Å². The molecule has 3 aromatic rings. The summed E-state index contributed by atoms with van der Waals surface area (Å²) in [4.78, 5) is 11.7. The molecule has 0 amide bonds. The van der Waals surface area contributed by atoms with E-state index in [1.54, 1.807) is 19.1 Å². The first-order valence-electron chi connectivity index (χ1n) is 7.89. The molecule has 0 bridgehead atoms. The molecule has 0 aromatic heterocycles. The van der Waals surface area contributed by atoms with Crippen molar-refractivity contribution in [2.45, 2.75) is 6.92 Å². The molecular formula is C20H17NO4. The fourth-order valence-electron chi connectivity index (χ4n) is 2.57. The number of carbonyl (C=O) groups is 1. The zero-order chi connectivity index (χ0) is 17.8. The van der Waals surface area contributed by atoms with Crippen molar-refractivity contribution in [3.63, 3.8) is 0 Å². The van der Waals surface area contributed by atoms with Gasteiger partial charge in [0, 0.05) is 12.1 Å². The largest absolute Gasteiger partial charge is 0.618 e. The van der Waals surface area contributed by atoms with E-state index < -0.39 is 5.97 Å². The van der Waals surface area contributed by atoms with Crippen LogP contribution in [0.5, 0.6) is 5.75 Å². The van der Waals surface area contributed by atoms with E-state index in [1.165, 1.54) is 30.5 Å². The number of phenols is 1. The molecule has 0 saturated heterocycles. The van der Waals surface area contributed by atoms with Gasteiger partial charge < -0.3 is 15.1 Å². The number of aromatic hydroxyl groups is 1. The van der Waals surface area contributed by atoms with Gasteiger partial charge in [0.2, 0.25) is 5.69 Å². The molecule has 0 aliphatic carbocycles. The zero-order valence-corrected chi connectivity index (χ0v) is 13.7. The van der Waals surface area contributed by atoms with Gasteiger partial charge in [0.1, 0.15) is 5.75 Å². The third-order valence-electron chi connectivity index (χ3n) is 3.83. The molecular weight excluding hydrogens is 318 g/mol. The second-order valence-electron chi connectivity index (χ2n) is 5.44. The smallest absolute Gasteiger partial charge is 0.338 e. The summed E-state index contributed by atoms with van der Waals surface area (Å²) in [6.45, 7) is 2.03. The Hall–Kier alpha value is -3.34. The van der Waals surface area contributed by atoms with E-state index >= 15 is 0 Å². The highest BCUT2D eigenvalue weighted by Gasteiger charge is 2.11. The molecule has 3 aromatic carbocycles. The molecule has 0 radical (unpaired) electrons. The van der Waals surface area contributed by atoms with Crippen molar-refractivity contribution in [3.05, 3.63) is 77.0 Å². The molecule has 25 heavy (non-hydrogen) atoms. The predicted molar refractivity (Wildman–Crippen MR) is 96.5 cm³/mol. The van der Waals surface area contributed by atoms with E-state index in [0.717, 1.165) is 10.8 Å². The quantitative estimate of drug-likeness (QED) is 0.257. The van der Waals surface area contributed by atoms with E-state index in [9.17, 15) is 15.1 Å². The summed E-state index contributed by atoms with van der Waals surface area (Å²) >= 11 is 0. The first-order valence-corrected chi connectivity index (χ1v) is 7.89. The van der Waals surface area contributed by atoms with Crippen LogP contribution >= 0.6 is 0 Å². The van der Waals surface area contributed by atoms with Crippen LogP contribution in [0, 0.1) is 5.21 Å². The van der Waals surface area contributed by atoms with Gasteiger partial charge in [-0.1, -0.05) is 30.3 Å². The van der Waals surface area contributed by atoms with Crippen molar-refractivity contribution < 1.29 is 19.4 Å². The molecule has 0 unspecified atom stereocenters. The van der Waals surface area contributed by atoms with E-state index in [4.69, 9.17) is 4.74 Å². The van der Waals surface area contributed by atoms with Gasteiger partial charge in [-0.25, -0.2) is 4.79 Å². The lowest BCUT2D eigenvalue weighted by atomic mass is 10.0. The van der Waals surface area contributed by atoms with Gasteiger partial charge in [0.25, 0.3) is 0 Å². The maximum absolute atomic E-state index is 12.5. The van der Waals surface area contributed by atoms with Gasteiger partial charge in [0.05, 0.1) is 17.7 Å². The Morgan fingerprint density at radius 1 is 1.12 bits per heavy atom. The summed E-state index contributed by atoms with van der Waals surface area (Å²) in [5, 5.41) is 24.3. The summed E-state index contributed by atoms with van der Waals surface area (Å²) in [5.41, 5.74) is 1.18. The number of carbonyl (C=O) groups excluding carboxylic acids is 1. The molecule has 5 heteroatoms. The molecule has 0 aliphatic heterocycles. The van der Waals surface area contributed by atoms with Gasteiger partial charge >= 0.3 is 5.97 Å². The first kappa shape index (κ1) is 16.5. The molecule has 0 aliphatic rings. The minimum Gasteiger partial charge on any atom is -0.618 e. The SMILES string of the molecule is CCOC(=O)c1ccc(/[N+]([O-])=C/c2c(O)ccc3ccccc23)cc1. The van der Waals surface area contributed by atoms with Crippen molar-refractivity contribution in [3.8, 4) is 5.75 Å². The number of rotatable bonds is 4. The topological polar surface area (TPSA) is 72.6 Å². The van der Waals surface area contributed by atoms with Gasteiger partial charge in [-0.15, -0.1) is 0 Å². The number of nitrogens with zero attached hydrogens (tertiary/aromatic N) is 1. The monoisotopic (exact) mass is 335 g/mol. The lowest BCUT2D eigenvalue weighted by molar-refractivity contribution is -0.354. The molecule has 5 nitrogen and oxygen atoms in total. The number of esters is 1. The maximum atomic E-state index is 12.5. The molecule has 0 saturated carbocycles. The van der Waals surface area contributed by atoms with Gasteiger partial charge in [-0.2, -0.15) is 4.74 Å². The van der Waals surface area contributed by atoms with Gasteiger partial charge in [0.15, 0.2) is 6.21 Å². The Morgan fingerprint density at radius 2 is 1.84 bits per heavy atom. The van der Waals surface area contributed by atoms with Crippen LogP contribution in [-0.2, 0) is 4.74 Å². The summed E-state index contributed by atoms with van der Waals surface area (Å²) in [6, 6.07) is 17.0. The lowest BCUT2D eigenvalue weighted by Crippen LogP contribution is -2.05. The van der Waals surface area contributed by atoms with Crippen LogP contribution in [-0.4, -0.2) is 28.6 Å². The summed E-state index contributed by atoms with van der Waals surface area (Å²) in [5.74, 6) is -0.398. The van der Waals surface area contributed by atoms with Crippen molar-refractivity contribution in [2.75, 3.05) is 6.61 Å². The molecule has 0 spiro atoms. The normalized spacial score (nSPS) is 11.5. The van der Waals surface area contributed by atoms with Crippen LogP contribution in [0.25, 0.3) is 10.8 Å². The van der Waals surface area contributed by atoms with Crippen LogP contribution in [0.2, 0.25) is 0 Å². The van der Waals surface area contributed by atoms with Crippen LogP contribution in [0.15, 0.2) is 60.7 Å². The van der Waals surface area contributed by atoms with Crippen molar-refractivity contribution in [2.24, 2.45) is 0 Å². The fourth-order valence-corrected chi connectivity index (χ4v) is 2.57. The van der Waals surface area contributed by atoms with Crippen LogP contribution in [0.4, 0.5) is 5.69 Å². The summed E-state index contributed by atoms with van der Waals surface area (Å²) < 4.78 is 5.58. The van der Waals surface area contributed by atoms with Crippen LogP contribution < -0.4 is 0 Å². The molecule has 0 fully saturated rings. The van der Waals surface area contributed by atoms with Crippen LogP contribution in [0.3, 0.4) is 0 Å². The lowest BCUT2D eigenvalue weighted by Gasteiger charge is -2.07. The second-order valence-corrected chi connectivity index (χ2v) is 5.44. The van der Waals surface area contributed by atoms with E-state index in [2.05, 4.69) is 0 Å². The molecule has 0 atom stereocenters. The predicted octanol–water partition coefficient (Wildman–Crippen LogP) is 3.98. The molecule has 126 valence electrons. The highest BCUT2D eigenvalue weighted by atomic mass is 16.5. The fraction of sp³-hybridized carbons (Fsp3) is 0.100. The average molecular weight is 335 g/mol.